The van der Waals surface area contributed by atoms with Crippen LogP contribution in [0, 0.1) is 6.92 Å². The zero-order chi connectivity index (χ0) is 23.8. The molecule has 2 fully saturated rings. The van der Waals surface area contributed by atoms with Gasteiger partial charge in [0.25, 0.3) is 5.91 Å². The van der Waals surface area contributed by atoms with E-state index in [0.29, 0.717) is 10.2 Å². The molecule has 0 radical (unpaired) electrons. The molecule has 0 N–H and O–H groups in total. The van der Waals surface area contributed by atoms with Gasteiger partial charge in [-0.25, -0.2) is 8.42 Å². The van der Waals surface area contributed by atoms with Crippen molar-refractivity contribution in [2.75, 3.05) is 34.4 Å². The van der Waals surface area contributed by atoms with E-state index >= 15 is 0 Å². The molecular formula is C24H28ClN3O3S2. The Bertz CT molecular complexity index is 1180. The molecule has 2 aliphatic rings. The number of fused-ring (bicyclic) bond motifs is 1. The highest BCUT2D eigenvalue weighted by Gasteiger charge is 2.49. The number of rotatable bonds is 6. The van der Waals surface area contributed by atoms with Crippen molar-refractivity contribution in [1.82, 2.24) is 0 Å². The van der Waals surface area contributed by atoms with Crippen LogP contribution < -0.4 is 9.80 Å². The lowest BCUT2D eigenvalue weighted by atomic mass is 10.1. The van der Waals surface area contributed by atoms with Crippen molar-refractivity contribution in [1.29, 1.82) is 0 Å². The van der Waals surface area contributed by atoms with Crippen molar-refractivity contribution in [3.05, 3.63) is 58.6 Å². The molecule has 176 valence electrons. The standard InChI is InChI=1S/C24H28ClN3O3S2/c1-4-27(5-2)19-10-11-20(16(3)12-19)28-21-14-33(30,31)15-22(21)32-24(28)26-23(29)13-17-6-8-18(25)9-7-17/h6-12,21-22H,4-5,13-15H2,1-3H3. The van der Waals surface area contributed by atoms with Gasteiger partial charge in [0.15, 0.2) is 15.0 Å². The molecule has 2 saturated heterocycles. The SMILES string of the molecule is CCN(CC)c1ccc(N2C(=NC(=O)Cc3ccc(Cl)cc3)SC3CS(=O)(=O)CC32)c(C)c1. The molecule has 0 spiro atoms. The number of thioether (sulfide) groups is 1. The van der Waals surface area contributed by atoms with Crippen molar-refractivity contribution < 1.29 is 13.2 Å². The second-order valence-corrected chi connectivity index (χ2v) is 12.2. The first kappa shape index (κ1) is 24.1. The Labute approximate surface area is 204 Å². The van der Waals surface area contributed by atoms with Gasteiger partial charge in [-0.15, -0.1) is 0 Å². The third-order valence-corrected chi connectivity index (χ3v) is 9.59. The number of aliphatic imine (C=N–C) groups is 1. The van der Waals surface area contributed by atoms with Gasteiger partial charge in [-0.2, -0.15) is 4.99 Å². The Balaban J connectivity index is 1.66. The smallest absolute Gasteiger partial charge is 0.252 e. The van der Waals surface area contributed by atoms with Crippen LogP contribution in [0.2, 0.25) is 5.02 Å². The molecule has 2 aromatic rings. The van der Waals surface area contributed by atoms with E-state index in [1.165, 1.54) is 11.8 Å². The lowest BCUT2D eigenvalue weighted by molar-refractivity contribution is -0.117. The number of anilines is 2. The van der Waals surface area contributed by atoms with E-state index in [4.69, 9.17) is 11.6 Å². The van der Waals surface area contributed by atoms with Crippen LogP contribution in [0.4, 0.5) is 11.4 Å². The quantitative estimate of drug-likeness (QED) is 0.581. The molecule has 2 unspecified atom stereocenters. The molecule has 4 rings (SSSR count). The second-order valence-electron chi connectivity index (χ2n) is 8.40. The monoisotopic (exact) mass is 505 g/mol. The van der Waals surface area contributed by atoms with E-state index in [0.717, 1.165) is 35.6 Å². The number of nitrogens with zero attached hydrogens (tertiary/aromatic N) is 3. The molecule has 0 saturated carbocycles. The second kappa shape index (κ2) is 9.68. The van der Waals surface area contributed by atoms with Gasteiger partial charge in [0.2, 0.25) is 0 Å². The normalized spacial score (nSPS) is 22.5. The average Bonchev–Trinajstić information content (AvgIpc) is 3.22. The van der Waals surface area contributed by atoms with Crippen LogP contribution in [0.5, 0.6) is 0 Å². The molecule has 2 aromatic carbocycles. The van der Waals surface area contributed by atoms with Crippen molar-refractivity contribution >= 4 is 55.6 Å². The van der Waals surface area contributed by atoms with Crippen molar-refractivity contribution in [2.24, 2.45) is 4.99 Å². The molecule has 33 heavy (non-hydrogen) atoms. The first-order chi connectivity index (χ1) is 15.7. The van der Waals surface area contributed by atoms with Crippen LogP contribution in [0.3, 0.4) is 0 Å². The number of hydrogen-bond acceptors (Lipinski definition) is 5. The first-order valence-corrected chi connectivity index (χ1v) is 14.2. The van der Waals surface area contributed by atoms with E-state index in [1.54, 1.807) is 12.1 Å². The summed E-state index contributed by atoms with van der Waals surface area (Å²) < 4.78 is 24.7. The molecule has 9 heteroatoms. The van der Waals surface area contributed by atoms with Gasteiger partial charge in [-0.1, -0.05) is 35.5 Å². The number of amidine groups is 1. The summed E-state index contributed by atoms with van der Waals surface area (Å²) in [6.45, 7) is 8.08. The zero-order valence-electron chi connectivity index (χ0n) is 19.0. The number of carbonyl (C=O) groups is 1. The van der Waals surface area contributed by atoms with Crippen molar-refractivity contribution in [3.8, 4) is 0 Å². The predicted molar refractivity (Wildman–Crippen MR) is 139 cm³/mol. The van der Waals surface area contributed by atoms with Gasteiger partial charge in [-0.05, 0) is 62.2 Å². The summed E-state index contributed by atoms with van der Waals surface area (Å²) in [7, 11) is -3.12. The average molecular weight is 506 g/mol. The Morgan fingerprint density at radius 3 is 2.48 bits per heavy atom. The third-order valence-electron chi connectivity index (χ3n) is 6.12. The van der Waals surface area contributed by atoms with Crippen LogP contribution in [0.25, 0.3) is 0 Å². The number of aryl methyl sites for hydroxylation is 1. The van der Waals surface area contributed by atoms with E-state index in [9.17, 15) is 13.2 Å². The molecule has 2 atom stereocenters. The van der Waals surface area contributed by atoms with Crippen molar-refractivity contribution in [3.63, 3.8) is 0 Å². The molecule has 2 aliphatic heterocycles. The minimum absolute atomic E-state index is 0.0757. The number of carbonyl (C=O) groups excluding carboxylic acids is 1. The highest BCUT2D eigenvalue weighted by molar-refractivity contribution is 8.16. The number of amides is 1. The molecule has 1 amide bonds. The van der Waals surface area contributed by atoms with E-state index in [2.05, 4.69) is 35.9 Å². The van der Waals surface area contributed by atoms with Gasteiger partial charge < -0.3 is 9.80 Å². The summed E-state index contributed by atoms with van der Waals surface area (Å²) in [5, 5.41) is 1.07. The van der Waals surface area contributed by atoms with Gasteiger partial charge in [0, 0.05) is 34.7 Å². The predicted octanol–water partition coefficient (Wildman–Crippen LogP) is 4.34. The molecule has 0 bridgehead atoms. The highest BCUT2D eigenvalue weighted by atomic mass is 35.5. The third kappa shape index (κ3) is 5.23. The van der Waals surface area contributed by atoms with Crippen LogP contribution in [0.15, 0.2) is 47.5 Å². The minimum Gasteiger partial charge on any atom is -0.372 e. The fourth-order valence-electron chi connectivity index (χ4n) is 4.46. The van der Waals surface area contributed by atoms with E-state index in [-0.39, 0.29) is 35.1 Å². The molecule has 2 heterocycles. The van der Waals surface area contributed by atoms with Crippen LogP contribution in [0.1, 0.15) is 25.0 Å². The summed E-state index contributed by atoms with van der Waals surface area (Å²) in [6, 6.07) is 13.1. The largest absolute Gasteiger partial charge is 0.372 e. The van der Waals surface area contributed by atoms with Gasteiger partial charge in [0.1, 0.15) is 0 Å². The lowest BCUT2D eigenvalue weighted by Crippen LogP contribution is -2.38. The Kier molecular flexibility index (Phi) is 7.07. The van der Waals surface area contributed by atoms with Gasteiger partial charge >= 0.3 is 0 Å². The summed E-state index contributed by atoms with van der Waals surface area (Å²) >= 11 is 7.34. The first-order valence-electron chi connectivity index (χ1n) is 11.1. The lowest BCUT2D eigenvalue weighted by Gasteiger charge is -2.28. The van der Waals surface area contributed by atoms with Gasteiger partial charge in [-0.3, -0.25) is 4.79 Å². The maximum atomic E-state index is 12.8. The Hall–Kier alpha value is -2.03. The minimum atomic E-state index is -3.12. The van der Waals surface area contributed by atoms with Crippen LogP contribution in [-0.2, 0) is 21.1 Å². The topological polar surface area (TPSA) is 70.0 Å². The molecule has 0 aliphatic carbocycles. The van der Waals surface area contributed by atoms with Crippen LogP contribution >= 0.6 is 23.4 Å². The summed E-state index contributed by atoms with van der Waals surface area (Å²) in [6.07, 6.45) is 0.169. The Morgan fingerprint density at radius 2 is 1.85 bits per heavy atom. The maximum absolute atomic E-state index is 12.8. The highest BCUT2D eigenvalue weighted by Crippen LogP contribution is 2.42. The zero-order valence-corrected chi connectivity index (χ0v) is 21.4. The van der Waals surface area contributed by atoms with E-state index in [1.807, 2.05) is 30.0 Å². The fourth-order valence-corrected chi connectivity index (χ4v) is 8.51. The molecule has 0 aromatic heterocycles. The molecule has 6 nitrogen and oxygen atoms in total. The Morgan fingerprint density at radius 1 is 1.15 bits per heavy atom. The maximum Gasteiger partial charge on any atom is 0.252 e. The van der Waals surface area contributed by atoms with E-state index < -0.39 is 9.84 Å². The van der Waals surface area contributed by atoms with Gasteiger partial charge in [0.05, 0.1) is 24.0 Å². The summed E-state index contributed by atoms with van der Waals surface area (Å²) in [5.41, 5.74) is 3.90. The fraction of sp³-hybridized carbons (Fsp3) is 0.417. The summed E-state index contributed by atoms with van der Waals surface area (Å²) in [5.74, 6) is -0.0726. The number of halogens is 1. The number of benzene rings is 2. The van der Waals surface area contributed by atoms with Crippen LogP contribution in [-0.4, -0.2) is 55.4 Å². The molecular weight excluding hydrogens is 478 g/mol. The number of sulfone groups is 1. The number of hydrogen-bond donors (Lipinski definition) is 0. The van der Waals surface area contributed by atoms with Crippen molar-refractivity contribution in [2.45, 2.75) is 38.5 Å². The summed E-state index contributed by atoms with van der Waals surface area (Å²) in [4.78, 5) is 21.5.